The smallest absolute Gasteiger partial charge is 0.120 e. The number of fused-ring (bicyclic) bond motifs is 1. The third kappa shape index (κ3) is 1.36. The molecule has 1 N–H and O–H groups in total. The quantitative estimate of drug-likeness (QED) is 0.770. The molecule has 68 valence electrons. The van der Waals surface area contributed by atoms with Crippen LogP contribution in [0.2, 0.25) is 0 Å². The Morgan fingerprint density at radius 2 is 2.23 bits per heavy atom. The molecule has 0 aliphatic carbocycles. The van der Waals surface area contributed by atoms with Gasteiger partial charge in [0.05, 0.1) is 0 Å². The summed E-state index contributed by atoms with van der Waals surface area (Å²) in [4.78, 5) is 0. The molecular formula is C10H9BrOS. The molecule has 0 amide bonds. The number of thiophene rings is 1. The van der Waals surface area contributed by atoms with Crippen LogP contribution in [-0.2, 0) is 5.33 Å². The van der Waals surface area contributed by atoms with Crippen molar-refractivity contribution in [3.8, 4) is 5.75 Å². The van der Waals surface area contributed by atoms with Crippen LogP contribution in [0.15, 0.2) is 17.5 Å². The molecule has 1 nitrogen and oxygen atoms in total. The number of rotatable bonds is 1. The molecular weight excluding hydrogens is 248 g/mol. The van der Waals surface area contributed by atoms with Crippen LogP contribution < -0.4 is 0 Å². The van der Waals surface area contributed by atoms with E-state index in [-0.39, 0.29) is 0 Å². The summed E-state index contributed by atoms with van der Waals surface area (Å²) in [6.07, 6.45) is 0. The Labute approximate surface area is 89.1 Å². The van der Waals surface area contributed by atoms with Crippen molar-refractivity contribution in [2.24, 2.45) is 0 Å². The number of phenols is 1. The second-order valence-corrected chi connectivity index (χ2v) is 4.46. The maximum Gasteiger partial charge on any atom is 0.120 e. The number of halogens is 1. The van der Waals surface area contributed by atoms with Crippen molar-refractivity contribution in [1.82, 2.24) is 0 Å². The number of phenolic OH excluding ortho intramolecular Hbond substituents is 1. The van der Waals surface area contributed by atoms with E-state index in [1.54, 1.807) is 17.4 Å². The first-order chi connectivity index (χ1) is 6.24. The summed E-state index contributed by atoms with van der Waals surface area (Å²) in [6.45, 7) is 2.07. The lowest BCUT2D eigenvalue weighted by atomic mass is 10.1. The highest BCUT2D eigenvalue weighted by Crippen LogP contribution is 2.34. The van der Waals surface area contributed by atoms with E-state index >= 15 is 0 Å². The zero-order valence-corrected chi connectivity index (χ0v) is 9.58. The summed E-state index contributed by atoms with van der Waals surface area (Å²) in [6, 6.07) is 3.73. The lowest BCUT2D eigenvalue weighted by molar-refractivity contribution is 0.472. The lowest BCUT2D eigenvalue weighted by Gasteiger charge is -2.03. The van der Waals surface area contributed by atoms with E-state index in [0.29, 0.717) is 11.1 Å². The first kappa shape index (κ1) is 9.03. The van der Waals surface area contributed by atoms with E-state index in [9.17, 15) is 5.11 Å². The van der Waals surface area contributed by atoms with Gasteiger partial charge in [-0.05, 0) is 30.0 Å². The largest absolute Gasteiger partial charge is 0.508 e. The van der Waals surface area contributed by atoms with Gasteiger partial charge in [-0.15, -0.1) is 11.3 Å². The number of benzene rings is 1. The van der Waals surface area contributed by atoms with Crippen LogP contribution >= 0.6 is 27.3 Å². The number of hydrogen-bond acceptors (Lipinski definition) is 2. The summed E-state index contributed by atoms with van der Waals surface area (Å²) in [5.41, 5.74) is 2.24. The summed E-state index contributed by atoms with van der Waals surface area (Å²) in [5, 5.41) is 13.6. The first-order valence-corrected chi connectivity index (χ1v) is 5.98. The normalized spacial score (nSPS) is 10.9. The van der Waals surface area contributed by atoms with E-state index in [4.69, 9.17) is 0 Å². The third-order valence-corrected chi connectivity index (χ3v) is 3.77. The predicted octanol–water partition coefficient (Wildman–Crippen LogP) is 3.81. The van der Waals surface area contributed by atoms with Gasteiger partial charge in [0, 0.05) is 21.0 Å². The topological polar surface area (TPSA) is 20.2 Å². The van der Waals surface area contributed by atoms with Gasteiger partial charge in [-0.25, -0.2) is 0 Å². The van der Waals surface area contributed by atoms with Crippen LogP contribution in [0.5, 0.6) is 5.75 Å². The van der Waals surface area contributed by atoms with Gasteiger partial charge in [-0.1, -0.05) is 15.9 Å². The minimum Gasteiger partial charge on any atom is -0.508 e. The van der Waals surface area contributed by atoms with Crippen molar-refractivity contribution in [3.05, 3.63) is 28.6 Å². The average molecular weight is 257 g/mol. The molecule has 0 saturated carbocycles. The highest BCUT2D eigenvalue weighted by Gasteiger charge is 2.08. The molecule has 0 spiro atoms. The summed E-state index contributed by atoms with van der Waals surface area (Å²) in [5.74, 6) is 0.380. The first-order valence-electron chi connectivity index (χ1n) is 3.98. The molecule has 1 heterocycles. The Bertz CT molecular complexity index is 447. The number of aryl methyl sites for hydroxylation is 1. The number of aromatic hydroxyl groups is 1. The van der Waals surface area contributed by atoms with Crippen LogP contribution in [0.3, 0.4) is 0 Å². The van der Waals surface area contributed by atoms with E-state index in [2.05, 4.69) is 28.2 Å². The monoisotopic (exact) mass is 256 g/mol. The van der Waals surface area contributed by atoms with Gasteiger partial charge >= 0.3 is 0 Å². The van der Waals surface area contributed by atoms with Crippen LogP contribution in [-0.4, -0.2) is 5.11 Å². The van der Waals surface area contributed by atoms with Crippen molar-refractivity contribution in [3.63, 3.8) is 0 Å². The van der Waals surface area contributed by atoms with Crippen LogP contribution in [0.25, 0.3) is 10.1 Å². The van der Waals surface area contributed by atoms with Crippen LogP contribution in [0, 0.1) is 6.92 Å². The Hall–Kier alpha value is -0.540. The van der Waals surface area contributed by atoms with Crippen molar-refractivity contribution < 1.29 is 5.11 Å². The maximum atomic E-state index is 9.63. The molecule has 0 aliphatic heterocycles. The van der Waals surface area contributed by atoms with E-state index in [1.165, 1.54) is 15.6 Å². The zero-order chi connectivity index (χ0) is 9.42. The third-order valence-electron chi connectivity index (χ3n) is 2.14. The van der Waals surface area contributed by atoms with Gasteiger partial charge < -0.3 is 5.11 Å². The van der Waals surface area contributed by atoms with E-state index in [1.807, 2.05) is 6.07 Å². The minimum atomic E-state index is 0.380. The summed E-state index contributed by atoms with van der Waals surface area (Å²) in [7, 11) is 0. The number of hydrogen-bond donors (Lipinski definition) is 1. The molecule has 0 atom stereocenters. The fourth-order valence-corrected chi connectivity index (χ4v) is 3.03. The number of alkyl halides is 1. The molecule has 2 aromatic rings. The predicted molar refractivity (Wildman–Crippen MR) is 60.9 cm³/mol. The highest BCUT2D eigenvalue weighted by molar-refractivity contribution is 9.08. The van der Waals surface area contributed by atoms with Crippen LogP contribution in [0.4, 0.5) is 0 Å². The van der Waals surface area contributed by atoms with Gasteiger partial charge in [0.2, 0.25) is 0 Å². The molecule has 3 heteroatoms. The molecule has 1 aromatic carbocycles. The van der Waals surface area contributed by atoms with E-state index in [0.717, 1.165) is 5.56 Å². The molecule has 1 aromatic heterocycles. The highest BCUT2D eigenvalue weighted by atomic mass is 79.9. The van der Waals surface area contributed by atoms with Gasteiger partial charge in [-0.3, -0.25) is 0 Å². The van der Waals surface area contributed by atoms with Gasteiger partial charge in [0.1, 0.15) is 5.75 Å². The van der Waals surface area contributed by atoms with Gasteiger partial charge in [0.15, 0.2) is 0 Å². The Morgan fingerprint density at radius 3 is 2.92 bits per heavy atom. The lowest BCUT2D eigenvalue weighted by Crippen LogP contribution is -1.81. The van der Waals surface area contributed by atoms with Crippen molar-refractivity contribution in [2.45, 2.75) is 12.3 Å². The fraction of sp³-hybridized carbons (Fsp3) is 0.200. The molecule has 0 fully saturated rings. The summed E-state index contributed by atoms with van der Waals surface area (Å²) >= 11 is 5.11. The Kier molecular flexibility index (Phi) is 2.30. The van der Waals surface area contributed by atoms with Crippen molar-refractivity contribution >= 4 is 37.4 Å². The molecule has 0 aliphatic rings. The minimum absolute atomic E-state index is 0.380. The molecule has 0 bridgehead atoms. The molecule has 2 rings (SSSR count). The van der Waals surface area contributed by atoms with Crippen molar-refractivity contribution in [1.29, 1.82) is 0 Å². The zero-order valence-electron chi connectivity index (χ0n) is 7.17. The van der Waals surface area contributed by atoms with Crippen LogP contribution in [0.1, 0.15) is 11.1 Å². The van der Waals surface area contributed by atoms with Gasteiger partial charge in [0.25, 0.3) is 0 Å². The maximum absolute atomic E-state index is 9.63. The standard InChI is InChI=1S/C10H9BrOS/c1-6-5-13-9-3-2-8(12)7(4-11)10(6)9/h2-3,5,12H,4H2,1H3. The second kappa shape index (κ2) is 3.31. The Morgan fingerprint density at radius 1 is 1.46 bits per heavy atom. The fourth-order valence-electron chi connectivity index (χ4n) is 1.49. The molecule has 0 saturated heterocycles. The van der Waals surface area contributed by atoms with Crippen molar-refractivity contribution in [2.75, 3.05) is 0 Å². The SMILES string of the molecule is Cc1csc2ccc(O)c(CBr)c12. The summed E-state index contributed by atoms with van der Waals surface area (Å²) < 4.78 is 1.24. The average Bonchev–Trinajstić information content (AvgIpc) is 2.49. The Balaban J connectivity index is 2.88. The van der Waals surface area contributed by atoms with E-state index < -0.39 is 0 Å². The molecule has 0 radical (unpaired) electrons. The van der Waals surface area contributed by atoms with Gasteiger partial charge in [-0.2, -0.15) is 0 Å². The molecule has 0 unspecified atom stereocenters. The molecule has 13 heavy (non-hydrogen) atoms. The second-order valence-electron chi connectivity index (χ2n) is 2.99.